The van der Waals surface area contributed by atoms with Crippen molar-refractivity contribution in [2.45, 2.75) is 24.7 Å². The Bertz CT molecular complexity index is 3010. The monoisotopic (exact) mass is 769 g/mol. The van der Waals surface area contributed by atoms with Crippen molar-refractivity contribution in [3.8, 4) is 44.9 Å². The van der Waals surface area contributed by atoms with Crippen LogP contribution in [0.4, 0.5) is 11.4 Å². The minimum Gasteiger partial charge on any atom is -0.457 e. The first-order chi connectivity index (χ1) is 29.5. The van der Waals surface area contributed by atoms with Crippen molar-refractivity contribution >= 4 is 16.9 Å². The van der Waals surface area contributed by atoms with Gasteiger partial charge in [0.25, 0.3) is 0 Å². The molecule has 0 radical (unpaired) electrons. The van der Waals surface area contributed by atoms with E-state index in [0.717, 1.165) is 45.1 Å². The number of allylic oxidation sites excluding steroid dienone is 4. The predicted molar refractivity (Wildman–Crippen MR) is 249 cm³/mol. The van der Waals surface area contributed by atoms with E-state index in [9.17, 15) is 0 Å². The molecule has 0 bridgehead atoms. The molecule has 0 fully saturated rings. The molecule has 0 saturated carbocycles. The number of nitrogens with zero attached hydrogens (tertiary/aromatic N) is 1. The normalized spacial score (nSPS) is 14.7. The van der Waals surface area contributed by atoms with Crippen LogP contribution in [-0.4, -0.2) is 0 Å². The molecule has 11 rings (SSSR count). The molecular formula is C58H43NO. The largest absolute Gasteiger partial charge is 0.457 e. The van der Waals surface area contributed by atoms with Crippen LogP contribution in [0.3, 0.4) is 0 Å². The van der Waals surface area contributed by atoms with Crippen LogP contribution in [0.2, 0.25) is 0 Å². The number of benzene rings is 8. The average molecular weight is 770 g/mol. The summed E-state index contributed by atoms with van der Waals surface area (Å²) in [6, 6.07) is 68.5. The first-order valence-corrected chi connectivity index (χ1v) is 20.8. The van der Waals surface area contributed by atoms with Gasteiger partial charge >= 0.3 is 0 Å². The second-order valence-electron chi connectivity index (χ2n) is 16.5. The SMILES string of the molecule is C=C/C=C(\C=C/N(c1ccc2c(c1)C(C)(C)c1ccccc1-2)c1ccc2c(c1)C1(c3ccccc3O2)c2ccccc2-c2ccccc2-c2ccccc21)c1ccccc1. The minimum absolute atomic E-state index is 0.157. The Hall–Kier alpha value is -7.42. The quantitative estimate of drug-likeness (QED) is 0.156. The van der Waals surface area contributed by atoms with Crippen LogP contribution in [0.1, 0.15) is 52.8 Å². The van der Waals surface area contributed by atoms with Gasteiger partial charge in [0.1, 0.15) is 11.5 Å². The lowest BCUT2D eigenvalue weighted by Gasteiger charge is -2.42. The summed E-state index contributed by atoms with van der Waals surface area (Å²) in [5, 5.41) is 0. The molecule has 1 aliphatic heterocycles. The molecule has 0 saturated heterocycles. The molecule has 286 valence electrons. The van der Waals surface area contributed by atoms with E-state index in [4.69, 9.17) is 4.74 Å². The van der Waals surface area contributed by atoms with E-state index in [1.165, 1.54) is 55.6 Å². The fourth-order valence-corrected chi connectivity index (χ4v) is 10.3. The molecule has 2 nitrogen and oxygen atoms in total. The molecule has 2 aliphatic carbocycles. The molecule has 8 aromatic carbocycles. The van der Waals surface area contributed by atoms with E-state index < -0.39 is 5.41 Å². The molecule has 0 unspecified atom stereocenters. The number of ether oxygens (including phenoxy) is 1. The van der Waals surface area contributed by atoms with Gasteiger partial charge in [0.05, 0.1) is 5.41 Å². The average Bonchev–Trinajstić information content (AvgIpc) is 3.46. The molecule has 60 heavy (non-hydrogen) atoms. The highest BCUT2D eigenvalue weighted by atomic mass is 16.5. The number of para-hydroxylation sites is 1. The molecule has 1 spiro atoms. The molecule has 0 atom stereocenters. The van der Waals surface area contributed by atoms with Crippen LogP contribution in [0.5, 0.6) is 11.5 Å². The molecule has 8 aromatic rings. The van der Waals surface area contributed by atoms with Crippen LogP contribution in [0, 0.1) is 0 Å². The van der Waals surface area contributed by atoms with Crippen molar-refractivity contribution in [3.63, 3.8) is 0 Å². The van der Waals surface area contributed by atoms with E-state index in [-0.39, 0.29) is 5.41 Å². The van der Waals surface area contributed by atoms with Crippen molar-refractivity contribution in [2.75, 3.05) is 4.90 Å². The van der Waals surface area contributed by atoms with Gasteiger partial charge in [0.2, 0.25) is 0 Å². The second-order valence-corrected chi connectivity index (χ2v) is 16.5. The Kier molecular flexibility index (Phi) is 8.25. The fraction of sp³-hybridized carbons (Fsp3) is 0.0690. The van der Waals surface area contributed by atoms with Crippen molar-refractivity contribution < 1.29 is 4.74 Å². The van der Waals surface area contributed by atoms with E-state index in [1.807, 2.05) is 6.08 Å². The van der Waals surface area contributed by atoms with Crippen molar-refractivity contribution in [2.24, 2.45) is 0 Å². The van der Waals surface area contributed by atoms with Crippen LogP contribution in [0.15, 0.2) is 219 Å². The lowest BCUT2D eigenvalue weighted by atomic mass is 9.62. The summed E-state index contributed by atoms with van der Waals surface area (Å²) in [6.07, 6.45) is 8.37. The Balaban J connectivity index is 1.18. The van der Waals surface area contributed by atoms with Crippen LogP contribution in [-0.2, 0) is 10.8 Å². The third-order valence-electron chi connectivity index (χ3n) is 13.0. The summed E-state index contributed by atoms with van der Waals surface area (Å²) in [5.41, 5.74) is 18.3. The maximum absolute atomic E-state index is 6.95. The number of anilines is 2. The zero-order chi connectivity index (χ0) is 40.4. The zero-order valence-electron chi connectivity index (χ0n) is 33.8. The summed E-state index contributed by atoms with van der Waals surface area (Å²) in [6.45, 7) is 8.77. The Labute approximate surface area is 352 Å². The second kappa shape index (κ2) is 13.9. The van der Waals surface area contributed by atoms with E-state index in [0.29, 0.717) is 0 Å². The summed E-state index contributed by atoms with van der Waals surface area (Å²) in [4.78, 5) is 2.34. The Morgan fingerprint density at radius 3 is 1.60 bits per heavy atom. The van der Waals surface area contributed by atoms with E-state index >= 15 is 0 Å². The Morgan fingerprint density at radius 1 is 0.467 bits per heavy atom. The molecule has 1 heterocycles. The highest BCUT2D eigenvalue weighted by Gasteiger charge is 2.49. The van der Waals surface area contributed by atoms with Crippen molar-refractivity contribution in [1.29, 1.82) is 0 Å². The summed E-state index contributed by atoms with van der Waals surface area (Å²) in [5.74, 6) is 1.71. The summed E-state index contributed by atoms with van der Waals surface area (Å²) >= 11 is 0. The lowest BCUT2D eigenvalue weighted by molar-refractivity contribution is 0.435. The fourth-order valence-electron chi connectivity index (χ4n) is 10.3. The van der Waals surface area contributed by atoms with E-state index in [1.54, 1.807) is 0 Å². The van der Waals surface area contributed by atoms with Crippen molar-refractivity contribution in [1.82, 2.24) is 0 Å². The number of rotatable bonds is 6. The minimum atomic E-state index is -0.707. The molecule has 0 aromatic heterocycles. The molecule has 0 N–H and O–H groups in total. The van der Waals surface area contributed by atoms with Gasteiger partial charge in [0, 0.05) is 34.1 Å². The Morgan fingerprint density at radius 2 is 0.950 bits per heavy atom. The molecule has 0 amide bonds. The predicted octanol–water partition coefficient (Wildman–Crippen LogP) is 15.1. The van der Waals surface area contributed by atoms with Gasteiger partial charge < -0.3 is 9.64 Å². The van der Waals surface area contributed by atoms with Gasteiger partial charge in [-0.3, -0.25) is 0 Å². The van der Waals surface area contributed by atoms with Crippen LogP contribution >= 0.6 is 0 Å². The third-order valence-corrected chi connectivity index (χ3v) is 13.0. The highest BCUT2D eigenvalue weighted by Crippen LogP contribution is 2.61. The summed E-state index contributed by atoms with van der Waals surface area (Å²) < 4.78 is 6.95. The van der Waals surface area contributed by atoms with Crippen LogP contribution < -0.4 is 9.64 Å². The first kappa shape index (κ1) is 35.7. The maximum Gasteiger partial charge on any atom is 0.132 e. The van der Waals surface area contributed by atoms with Gasteiger partial charge in [-0.1, -0.05) is 184 Å². The van der Waals surface area contributed by atoms with E-state index in [2.05, 4.69) is 232 Å². The number of hydrogen-bond donors (Lipinski definition) is 0. The smallest absolute Gasteiger partial charge is 0.132 e. The zero-order valence-corrected chi connectivity index (χ0v) is 33.8. The third kappa shape index (κ3) is 5.27. The van der Waals surface area contributed by atoms with Gasteiger partial charge in [-0.05, 0) is 109 Å². The van der Waals surface area contributed by atoms with Gasteiger partial charge in [-0.15, -0.1) is 0 Å². The number of fused-ring (bicyclic) bond motifs is 14. The van der Waals surface area contributed by atoms with Crippen molar-refractivity contribution in [3.05, 3.63) is 258 Å². The molecule has 3 aliphatic rings. The highest BCUT2D eigenvalue weighted by molar-refractivity contribution is 5.94. The lowest BCUT2D eigenvalue weighted by Crippen LogP contribution is -2.35. The molecule has 2 heteroatoms. The standard InChI is InChI=1S/C58H43NO/c1-4-18-39(40-19-6-5-7-20-40)35-36-59(41-31-33-48-47-25-10-13-26-49(47)57(2,3)53(48)37-41)42-32-34-56-54(38-42)58(52-29-16-17-30-55(52)60-56)50-27-14-11-23-45(50)43-21-8-9-22-44(43)46-24-12-15-28-51(46)58/h4-38H,1H2,2-3H3/b36-35-,39-18+. The van der Waals surface area contributed by atoms with Crippen LogP contribution in [0.25, 0.3) is 39.0 Å². The topological polar surface area (TPSA) is 12.5 Å². The van der Waals surface area contributed by atoms with Gasteiger partial charge in [-0.25, -0.2) is 0 Å². The molecular weight excluding hydrogens is 727 g/mol. The maximum atomic E-state index is 6.95. The first-order valence-electron chi connectivity index (χ1n) is 20.8. The van der Waals surface area contributed by atoms with Gasteiger partial charge in [0.15, 0.2) is 0 Å². The summed E-state index contributed by atoms with van der Waals surface area (Å²) in [7, 11) is 0. The van der Waals surface area contributed by atoms with Gasteiger partial charge in [-0.2, -0.15) is 0 Å². The number of hydrogen-bond acceptors (Lipinski definition) is 2.